The molecule has 0 aliphatic rings. The number of amides is 4. The molecule has 3 rings (SSSR count). The monoisotopic (exact) mass is 455 g/mol. The van der Waals surface area contributed by atoms with Crippen LogP contribution in [0.4, 0.5) is 21.0 Å². The zero-order chi connectivity index (χ0) is 22.3. The zero-order valence-corrected chi connectivity index (χ0v) is 17.7. The second-order valence-corrected chi connectivity index (χ2v) is 8.30. The van der Waals surface area contributed by atoms with Crippen molar-refractivity contribution < 1.29 is 18.0 Å². The van der Waals surface area contributed by atoms with Gasteiger partial charge in [-0.3, -0.25) is 0 Å². The second kappa shape index (κ2) is 9.92. The molecule has 158 valence electrons. The van der Waals surface area contributed by atoms with Gasteiger partial charge in [0.25, 0.3) is 10.0 Å². The average Bonchev–Trinajstić information content (AvgIpc) is 2.74. The van der Waals surface area contributed by atoms with Crippen LogP contribution in [0.15, 0.2) is 90.3 Å². The SMILES string of the molecule is O=C(Nc1ccccc1)N(C(=O)Nc1ccccc1)S(=O)(=O)/C=C/c1ccccc1Cl. The minimum Gasteiger partial charge on any atom is -0.307 e. The quantitative estimate of drug-likeness (QED) is 0.537. The minimum absolute atomic E-state index is 0.125. The Morgan fingerprint density at radius 3 is 1.68 bits per heavy atom. The van der Waals surface area contributed by atoms with Gasteiger partial charge >= 0.3 is 12.1 Å². The van der Waals surface area contributed by atoms with Crippen LogP contribution < -0.4 is 10.6 Å². The third-order valence-corrected chi connectivity index (χ3v) is 5.66. The van der Waals surface area contributed by atoms with Gasteiger partial charge in [-0.05, 0) is 42.0 Å². The highest BCUT2D eigenvalue weighted by molar-refractivity contribution is 7.93. The molecule has 3 aromatic carbocycles. The fourth-order valence-corrected chi connectivity index (χ4v) is 3.74. The van der Waals surface area contributed by atoms with Crippen molar-refractivity contribution in [3.8, 4) is 0 Å². The first kappa shape index (κ1) is 22.1. The molecule has 0 unspecified atom stereocenters. The molecule has 0 aliphatic heterocycles. The van der Waals surface area contributed by atoms with Crippen LogP contribution in [-0.4, -0.2) is 24.8 Å². The summed E-state index contributed by atoms with van der Waals surface area (Å²) in [6, 6.07) is 20.7. The molecule has 3 aromatic rings. The number of hydrogen-bond donors (Lipinski definition) is 2. The average molecular weight is 456 g/mol. The van der Waals surface area contributed by atoms with Gasteiger partial charge in [0, 0.05) is 16.4 Å². The van der Waals surface area contributed by atoms with Crippen molar-refractivity contribution in [3.05, 3.63) is 101 Å². The molecular formula is C22H18ClN3O4S. The summed E-state index contributed by atoms with van der Waals surface area (Å²) in [5, 5.41) is 5.90. The van der Waals surface area contributed by atoms with E-state index in [-0.39, 0.29) is 4.31 Å². The van der Waals surface area contributed by atoms with Gasteiger partial charge in [0.1, 0.15) is 0 Å². The maximum atomic E-state index is 13.0. The van der Waals surface area contributed by atoms with E-state index in [0.717, 1.165) is 5.41 Å². The Kier molecular flexibility index (Phi) is 7.07. The first-order chi connectivity index (χ1) is 14.9. The lowest BCUT2D eigenvalue weighted by molar-refractivity contribution is 0.223. The van der Waals surface area contributed by atoms with E-state index in [9.17, 15) is 18.0 Å². The standard InChI is InChI=1S/C22H18ClN3O4S/c23-20-14-8-7-9-17(20)15-16-31(29,30)26(21(27)24-18-10-3-1-4-11-18)22(28)25-19-12-5-2-6-13-19/h1-16H,(H,24,27)(H,25,28)/b16-15+. The number of benzene rings is 3. The molecular weight excluding hydrogens is 438 g/mol. The van der Waals surface area contributed by atoms with Crippen molar-refractivity contribution in [2.24, 2.45) is 0 Å². The van der Waals surface area contributed by atoms with Gasteiger partial charge in [0.15, 0.2) is 0 Å². The lowest BCUT2D eigenvalue weighted by Gasteiger charge is -2.20. The number of para-hydroxylation sites is 2. The van der Waals surface area contributed by atoms with Crippen molar-refractivity contribution in [2.75, 3.05) is 10.6 Å². The molecule has 0 fully saturated rings. The number of rotatable bonds is 5. The molecule has 0 saturated carbocycles. The number of imide groups is 1. The third kappa shape index (κ3) is 5.94. The van der Waals surface area contributed by atoms with E-state index in [4.69, 9.17) is 11.6 Å². The Hall–Kier alpha value is -3.62. The number of urea groups is 2. The van der Waals surface area contributed by atoms with Crippen LogP contribution in [0, 0.1) is 0 Å². The summed E-state index contributed by atoms with van der Waals surface area (Å²) in [6.07, 6.45) is 1.22. The lowest BCUT2D eigenvalue weighted by Crippen LogP contribution is -2.45. The minimum atomic E-state index is -4.51. The van der Waals surface area contributed by atoms with Crippen LogP contribution in [0.25, 0.3) is 6.08 Å². The molecule has 0 bridgehead atoms. The molecule has 0 radical (unpaired) electrons. The molecule has 0 spiro atoms. The highest BCUT2D eigenvalue weighted by Crippen LogP contribution is 2.19. The number of anilines is 2. The lowest BCUT2D eigenvalue weighted by atomic mass is 10.2. The third-order valence-electron chi connectivity index (χ3n) is 4.00. The first-order valence-electron chi connectivity index (χ1n) is 9.07. The molecule has 0 atom stereocenters. The summed E-state index contributed by atoms with van der Waals surface area (Å²) in [6.45, 7) is 0. The highest BCUT2D eigenvalue weighted by atomic mass is 35.5. The number of carbonyl (C=O) groups is 2. The van der Waals surface area contributed by atoms with Crippen molar-refractivity contribution in [1.29, 1.82) is 0 Å². The van der Waals surface area contributed by atoms with E-state index in [1.807, 2.05) is 0 Å². The first-order valence-corrected chi connectivity index (χ1v) is 10.9. The number of nitrogens with zero attached hydrogens (tertiary/aromatic N) is 1. The summed E-state index contributed by atoms with van der Waals surface area (Å²) in [7, 11) is -4.51. The van der Waals surface area contributed by atoms with E-state index < -0.39 is 22.1 Å². The summed E-state index contributed by atoms with van der Waals surface area (Å²) in [5.74, 6) is 0. The molecule has 0 saturated heterocycles. The van der Waals surface area contributed by atoms with Gasteiger partial charge in [-0.15, -0.1) is 4.31 Å². The van der Waals surface area contributed by atoms with E-state index >= 15 is 0 Å². The van der Waals surface area contributed by atoms with Crippen molar-refractivity contribution >= 4 is 51.1 Å². The smallest absolute Gasteiger partial charge is 0.307 e. The van der Waals surface area contributed by atoms with Crippen LogP contribution >= 0.6 is 11.6 Å². The molecule has 31 heavy (non-hydrogen) atoms. The van der Waals surface area contributed by atoms with Crippen molar-refractivity contribution in [3.63, 3.8) is 0 Å². The summed E-state index contributed by atoms with van der Waals surface area (Å²) < 4.78 is 26.0. The Morgan fingerprint density at radius 1 is 0.742 bits per heavy atom. The highest BCUT2D eigenvalue weighted by Gasteiger charge is 2.32. The van der Waals surface area contributed by atoms with Gasteiger partial charge in [0.2, 0.25) is 0 Å². The molecule has 4 amide bonds. The Morgan fingerprint density at radius 2 is 1.19 bits per heavy atom. The summed E-state index contributed by atoms with van der Waals surface area (Å²) in [4.78, 5) is 25.6. The fraction of sp³-hybridized carbons (Fsp3) is 0. The Balaban J connectivity index is 1.92. The molecule has 0 aliphatic carbocycles. The van der Waals surface area contributed by atoms with Gasteiger partial charge in [-0.25, -0.2) is 18.0 Å². The predicted molar refractivity (Wildman–Crippen MR) is 122 cm³/mol. The Labute approximate surface area is 185 Å². The van der Waals surface area contributed by atoms with Crippen LogP contribution in [0.1, 0.15) is 5.56 Å². The molecule has 7 nitrogen and oxygen atoms in total. The van der Waals surface area contributed by atoms with Crippen LogP contribution in [0.2, 0.25) is 5.02 Å². The van der Waals surface area contributed by atoms with Gasteiger partial charge < -0.3 is 10.6 Å². The predicted octanol–water partition coefficient (Wildman–Crippen LogP) is 5.41. The number of halogens is 1. The molecule has 0 heterocycles. The van der Waals surface area contributed by atoms with Crippen LogP contribution in [0.5, 0.6) is 0 Å². The molecule has 9 heteroatoms. The fourth-order valence-electron chi connectivity index (χ4n) is 2.55. The van der Waals surface area contributed by atoms with Gasteiger partial charge in [-0.1, -0.05) is 66.2 Å². The normalized spacial score (nSPS) is 11.1. The second-order valence-electron chi connectivity index (χ2n) is 6.23. The Bertz CT molecular complexity index is 1150. The summed E-state index contributed by atoms with van der Waals surface area (Å²) >= 11 is 6.05. The zero-order valence-electron chi connectivity index (χ0n) is 16.1. The van der Waals surface area contributed by atoms with E-state index in [0.29, 0.717) is 22.0 Å². The summed E-state index contributed by atoms with van der Waals surface area (Å²) in [5.41, 5.74) is 1.07. The van der Waals surface area contributed by atoms with Gasteiger partial charge in [-0.2, -0.15) is 0 Å². The van der Waals surface area contributed by atoms with E-state index in [2.05, 4.69) is 10.6 Å². The topological polar surface area (TPSA) is 95.6 Å². The molecule has 0 aromatic heterocycles. The molecule has 2 N–H and O–H groups in total. The maximum Gasteiger partial charge on any atom is 0.344 e. The van der Waals surface area contributed by atoms with Crippen LogP contribution in [0.3, 0.4) is 0 Å². The van der Waals surface area contributed by atoms with Crippen molar-refractivity contribution in [2.45, 2.75) is 0 Å². The number of sulfonamides is 1. The van der Waals surface area contributed by atoms with Gasteiger partial charge in [0.05, 0.1) is 5.41 Å². The van der Waals surface area contributed by atoms with Crippen LogP contribution in [-0.2, 0) is 10.0 Å². The van der Waals surface area contributed by atoms with Crippen molar-refractivity contribution in [1.82, 2.24) is 4.31 Å². The number of carbonyl (C=O) groups excluding carboxylic acids is 2. The largest absolute Gasteiger partial charge is 0.344 e. The number of nitrogens with one attached hydrogen (secondary N) is 2. The maximum absolute atomic E-state index is 13.0. The van der Waals surface area contributed by atoms with E-state index in [1.165, 1.54) is 6.08 Å². The van der Waals surface area contributed by atoms with E-state index in [1.54, 1.807) is 84.9 Å². The number of hydrogen-bond acceptors (Lipinski definition) is 4.